The second-order valence-electron chi connectivity index (χ2n) is 18.6. The van der Waals surface area contributed by atoms with E-state index in [9.17, 15) is 38.3 Å². The van der Waals surface area contributed by atoms with Gasteiger partial charge in [-0.25, -0.2) is 18.9 Å². The van der Waals surface area contributed by atoms with E-state index in [0.29, 0.717) is 72.5 Å². The molecule has 1 aromatic carbocycles. The molecule has 2 aliphatic rings. The van der Waals surface area contributed by atoms with Gasteiger partial charge in [0.05, 0.1) is 74.0 Å². The van der Waals surface area contributed by atoms with Crippen LogP contribution in [0, 0.1) is 57.3 Å². The zero-order chi connectivity index (χ0) is 53.8. The van der Waals surface area contributed by atoms with Gasteiger partial charge in [-0.15, -0.1) is 5.10 Å². The number of rotatable bonds is 27. The Labute approximate surface area is 473 Å². The first-order chi connectivity index (χ1) is 36.0. The molecular weight excluding hydrogens is 1150 g/mol. The molecule has 1 radical (unpaired) electrons. The molecule has 6 heterocycles. The maximum Gasteiger partial charge on any atom is 0.343 e. The molecule has 0 unspecified atom stereocenters. The van der Waals surface area contributed by atoms with Crippen LogP contribution in [-0.2, 0) is 87.3 Å². The Morgan fingerprint density at radius 3 is 2.46 bits per heavy atom. The molecule has 2 aliphatic heterocycles. The summed E-state index contributed by atoms with van der Waals surface area (Å²) in [4.78, 5) is 91.7. The van der Waals surface area contributed by atoms with Gasteiger partial charge in [0, 0.05) is 73.0 Å². The first kappa shape index (κ1) is 59.6. The second kappa shape index (κ2) is 27.6. The molecule has 26 heteroatoms. The van der Waals surface area contributed by atoms with E-state index in [1.165, 1.54) is 23.1 Å². The van der Waals surface area contributed by atoms with Crippen LogP contribution in [0.1, 0.15) is 92.8 Å². The van der Waals surface area contributed by atoms with Crippen LogP contribution in [0.2, 0.25) is 0 Å². The number of nitrogens with two attached hydrogens (primary N) is 1. The van der Waals surface area contributed by atoms with Crippen LogP contribution < -0.4 is 32.6 Å². The van der Waals surface area contributed by atoms with Crippen LogP contribution >= 0.6 is 0 Å². The molecule has 0 aliphatic carbocycles. The number of amides is 4. The van der Waals surface area contributed by atoms with Gasteiger partial charge in [0.15, 0.2) is 5.60 Å². The standard InChI is InChI=1S/C50H63FN12O11S.Tb/c1-5-50(70)36-17-40-44-34(23-62(40)47(68)35(36)25-74-48(50)69)32(33-16-29(4)37(51)18-39(33)57-44)10-7-9-13-73-27-56-41(64)21-53-45(66)38(11-6-8-12-52)58-46(67)43(28(2)3)59-42(65)26-72-15-14-71-24-30-22-63(61-60-30)31-19-54-49(75)55-20-31;/h16-20,22,28,38,43,70H,5-15,21,23-27,52H2,1-4H3,(H,53,66)(H,56,64)(H,58,67)(H,59,65)(H,54,55,75);/p-1/t38-,43-,50+;/m0./s1. The molecule has 5 aromatic rings. The molecule has 4 amide bonds. The number of carbonyl (C=O) groups excluding carboxylic acids is 5. The Kier molecular flexibility index (Phi) is 21.7. The predicted molar refractivity (Wildman–Crippen MR) is 269 cm³/mol. The van der Waals surface area contributed by atoms with E-state index in [2.05, 4.69) is 41.5 Å². The van der Waals surface area contributed by atoms with Crippen molar-refractivity contribution in [3.8, 4) is 17.1 Å². The number of aromatic nitrogens is 7. The van der Waals surface area contributed by atoms with E-state index in [-0.39, 0.29) is 127 Å². The van der Waals surface area contributed by atoms with Gasteiger partial charge in [-0.05, 0) is 87.6 Å². The van der Waals surface area contributed by atoms with Crippen molar-refractivity contribution < 1.29 is 91.0 Å². The van der Waals surface area contributed by atoms with Crippen molar-refractivity contribution in [2.45, 2.75) is 115 Å². The Hall–Kier alpha value is -5.61. The summed E-state index contributed by atoms with van der Waals surface area (Å²) in [7, 11) is 0. The average Bonchev–Trinajstić information content (AvgIpc) is 4.02. The molecule has 0 saturated carbocycles. The number of pyridine rings is 2. The van der Waals surface area contributed by atoms with Gasteiger partial charge in [0.2, 0.25) is 23.6 Å². The normalized spacial score (nSPS) is 15.2. The van der Waals surface area contributed by atoms with Crippen molar-refractivity contribution in [3.05, 3.63) is 86.5 Å². The maximum atomic E-state index is 14.9. The first-order valence-corrected chi connectivity index (χ1v) is 25.2. The summed E-state index contributed by atoms with van der Waals surface area (Å²) in [6, 6.07) is 2.71. The smallest absolute Gasteiger partial charge is 0.343 e. The van der Waals surface area contributed by atoms with Gasteiger partial charge in [0.25, 0.3) is 5.56 Å². The van der Waals surface area contributed by atoms with Gasteiger partial charge in [0.1, 0.15) is 49.2 Å². The summed E-state index contributed by atoms with van der Waals surface area (Å²) in [6.07, 6.45) is 7.74. The number of halogens is 1. The van der Waals surface area contributed by atoms with Crippen LogP contribution in [0.15, 0.2) is 46.7 Å². The van der Waals surface area contributed by atoms with Crippen LogP contribution in [0.4, 0.5) is 4.39 Å². The third-order valence-corrected chi connectivity index (χ3v) is 13.2. The maximum absolute atomic E-state index is 14.9. The number of ether oxygens (including phenoxy) is 4. The van der Waals surface area contributed by atoms with Crippen LogP contribution in [0.5, 0.6) is 0 Å². The van der Waals surface area contributed by atoms with Crippen molar-refractivity contribution in [1.82, 2.24) is 55.8 Å². The SMILES string of the molecule is CC[C@]1(O)C(=O)OCc2c1cc1n(c2=O)Cc2c-1nc1cc(F)c(C)cc1c2CCCCOCNC(=O)CNC(=O)[C@H](CCCCN)NC(=O)[C@@H](NC(=O)COCCOCc1cn(-c2cnc([S-])nc2)nn1)C(C)C.[Tb]. The molecule has 7 N–H and O–H groups in total. The minimum absolute atomic E-state index is 0. The summed E-state index contributed by atoms with van der Waals surface area (Å²) in [6.45, 7) is 6.84. The van der Waals surface area contributed by atoms with Gasteiger partial charge in [-0.2, -0.15) is 0 Å². The number of aryl methyl sites for hydroxylation is 2. The van der Waals surface area contributed by atoms with E-state index in [4.69, 9.17) is 42.3 Å². The van der Waals surface area contributed by atoms with Crippen molar-refractivity contribution in [2.24, 2.45) is 11.7 Å². The Bertz CT molecular complexity index is 2960. The van der Waals surface area contributed by atoms with E-state index in [1.54, 1.807) is 50.6 Å². The number of esters is 1. The van der Waals surface area contributed by atoms with Crippen LogP contribution in [0.25, 0.3) is 28.0 Å². The number of carbonyl (C=O) groups is 5. The van der Waals surface area contributed by atoms with Gasteiger partial charge in [-0.1, -0.05) is 26.0 Å². The van der Waals surface area contributed by atoms with Crippen LogP contribution in [0.3, 0.4) is 0 Å². The fourth-order valence-corrected chi connectivity index (χ4v) is 8.90. The quantitative estimate of drug-likeness (QED) is 0.0139. The molecule has 23 nitrogen and oxygen atoms in total. The fraction of sp³-hybridized carbons (Fsp3) is 0.500. The molecular formula is C50H62FN12O11STb-. The Balaban J connectivity index is 0.00000937. The summed E-state index contributed by atoms with van der Waals surface area (Å²) >= 11 is 4.90. The molecule has 411 valence electrons. The van der Waals surface area contributed by atoms with Crippen molar-refractivity contribution >= 4 is 53.1 Å². The van der Waals surface area contributed by atoms with Crippen molar-refractivity contribution in [1.29, 1.82) is 0 Å². The van der Waals surface area contributed by atoms with Gasteiger partial charge >= 0.3 is 5.97 Å². The van der Waals surface area contributed by atoms with E-state index in [0.717, 1.165) is 16.5 Å². The summed E-state index contributed by atoms with van der Waals surface area (Å²) < 4.78 is 39.9. The summed E-state index contributed by atoms with van der Waals surface area (Å²) in [5.74, 6) is -3.87. The summed E-state index contributed by atoms with van der Waals surface area (Å²) in [5, 5.41) is 30.9. The molecule has 0 saturated heterocycles. The molecule has 76 heavy (non-hydrogen) atoms. The largest absolute Gasteiger partial charge is 0.740 e. The number of benzene rings is 1. The topological polar surface area (TPSA) is 308 Å². The number of unbranched alkanes of at least 4 members (excludes halogenated alkanes) is 2. The van der Waals surface area contributed by atoms with Gasteiger partial charge in [-0.3, -0.25) is 33.9 Å². The van der Waals surface area contributed by atoms with Crippen molar-refractivity contribution in [2.75, 3.05) is 46.2 Å². The Morgan fingerprint density at radius 2 is 1.72 bits per heavy atom. The number of aliphatic hydroxyl groups is 1. The molecule has 0 fully saturated rings. The first-order valence-electron chi connectivity index (χ1n) is 24.8. The minimum atomic E-state index is -1.99. The minimum Gasteiger partial charge on any atom is -0.740 e. The number of hydrogen-bond donors (Lipinski definition) is 6. The third-order valence-electron chi connectivity index (χ3n) is 13.0. The number of nitrogens with zero attached hydrogens (tertiary/aromatic N) is 7. The summed E-state index contributed by atoms with van der Waals surface area (Å²) in [5.41, 5.74) is 8.24. The van der Waals surface area contributed by atoms with Gasteiger partial charge < -0.3 is 68.3 Å². The van der Waals surface area contributed by atoms with E-state index in [1.807, 2.05) is 0 Å². The van der Waals surface area contributed by atoms with Crippen molar-refractivity contribution in [3.63, 3.8) is 0 Å². The fourth-order valence-electron chi connectivity index (χ4n) is 8.79. The number of cyclic esters (lactones) is 1. The number of hydrogen-bond acceptors (Lipinski definition) is 18. The monoisotopic (exact) mass is 1220 g/mol. The average molecular weight is 1220 g/mol. The number of fused-ring (bicyclic) bond motifs is 5. The second-order valence-corrected chi connectivity index (χ2v) is 19.0. The van der Waals surface area contributed by atoms with E-state index < -0.39 is 65.2 Å². The molecule has 7 rings (SSSR count). The zero-order valence-corrected chi connectivity index (χ0v) is 45.5. The third kappa shape index (κ3) is 14.5. The molecule has 4 aromatic heterocycles. The molecule has 0 bridgehead atoms. The molecule has 0 spiro atoms. The zero-order valence-electron chi connectivity index (χ0n) is 42.6. The molecule has 3 atom stereocenters. The Morgan fingerprint density at radius 1 is 0.961 bits per heavy atom. The van der Waals surface area contributed by atoms with Crippen LogP contribution in [-0.4, -0.2) is 128 Å². The predicted octanol–water partition coefficient (Wildman–Crippen LogP) is 1.32. The number of nitrogens with one attached hydrogen (secondary N) is 4. The van der Waals surface area contributed by atoms with E-state index >= 15 is 0 Å².